The number of hydrogen-bond acceptors (Lipinski definition) is 4. The van der Waals surface area contributed by atoms with Gasteiger partial charge in [-0.3, -0.25) is 4.79 Å². The van der Waals surface area contributed by atoms with E-state index < -0.39 is 6.36 Å². The molecule has 1 fully saturated rings. The first-order valence-electron chi connectivity index (χ1n) is 7.89. The van der Waals surface area contributed by atoms with E-state index in [4.69, 9.17) is 0 Å². The molecule has 130 valence electrons. The van der Waals surface area contributed by atoms with Crippen molar-refractivity contribution < 1.29 is 22.7 Å². The van der Waals surface area contributed by atoms with Crippen LogP contribution in [0.5, 0.6) is 5.75 Å². The van der Waals surface area contributed by atoms with Gasteiger partial charge in [-0.15, -0.1) is 13.2 Å². The number of alkyl halides is 3. The summed E-state index contributed by atoms with van der Waals surface area (Å²) in [4.78, 5) is 23.1. The topological polar surface area (TPSA) is 55.3 Å². The molecule has 2 aliphatic rings. The third-order valence-corrected chi connectivity index (χ3v) is 4.69. The second-order valence-corrected chi connectivity index (χ2v) is 6.16. The summed E-state index contributed by atoms with van der Waals surface area (Å²) >= 11 is 0. The average molecular weight is 349 g/mol. The highest BCUT2D eigenvalue weighted by Gasteiger charge is 2.43. The second kappa shape index (κ2) is 5.72. The minimum atomic E-state index is -4.75. The first-order chi connectivity index (χ1) is 11.9. The van der Waals surface area contributed by atoms with E-state index in [0.717, 1.165) is 36.2 Å². The maximum atomic E-state index is 12.9. The molecular weight excluding hydrogens is 335 g/mol. The van der Waals surface area contributed by atoms with Crippen molar-refractivity contribution in [2.24, 2.45) is 0 Å². The Labute approximate surface area is 141 Å². The van der Waals surface area contributed by atoms with E-state index in [9.17, 15) is 18.0 Å². The van der Waals surface area contributed by atoms with Gasteiger partial charge in [-0.1, -0.05) is 0 Å². The normalized spacial score (nSPS) is 21.8. The summed E-state index contributed by atoms with van der Waals surface area (Å²) in [6, 6.07) is 5.02. The lowest BCUT2D eigenvalue weighted by Crippen LogP contribution is -2.42. The Balaban J connectivity index is 1.58. The fourth-order valence-electron chi connectivity index (χ4n) is 3.68. The largest absolute Gasteiger partial charge is 0.573 e. The fraction of sp³-hybridized carbons (Fsp3) is 0.353. The molecule has 0 radical (unpaired) electrons. The molecule has 0 spiro atoms. The molecule has 5 nitrogen and oxygen atoms in total. The lowest BCUT2D eigenvalue weighted by molar-refractivity contribution is -0.274. The molecule has 2 aliphatic heterocycles. The van der Waals surface area contributed by atoms with Gasteiger partial charge in [-0.2, -0.15) is 0 Å². The lowest BCUT2D eigenvalue weighted by atomic mass is 9.98. The van der Waals surface area contributed by atoms with Gasteiger partial charge in [0, 0.05) is 29.8 Å². The minimum absolute atomic E-state index is 0.0611. The molecule has 25 heavy (non-hydrogen) atoms. The van der Waals surface area contributed by atoms with E-state index >= 15 is 0 Å². The van der Waals surface area contributed by atoms with E-state index in [-0.39, 0.29) is 23.7 Å². The number of halogens is 3. The van der Waals surface area contributed by atoms with Gasteiger partial charge in [0.15, 0.2) is 0 Å². The summed E-state index contributed by atoms with van der Waals surface area (Å²) in [5.74, 6) is -0.537. The molecule has 0 saturated carbocycles. The quantitative estimate of drug-likeness (QED) is 0.835. The van der Waals surface area contributed by atoms with Crippen molar-refractivity contribution in [3.63, 3.8) is 0 Å². The lowest BCUT2D eigenvalue weighted by Gasteiger charge is -2.35. The van der Waals surface area contributed by atoms with Gasteiger partial charge in [0.1, 0.15) is 12.1 Å². The van der Waals surface area contributed by atoms with Gasteiger partial charge in [0.2, 0.25) is 0 Å². The Kier molecular flexibility index (Phi) is 3.63. The molecule has 1 aromatic carbocycles. The van der Waals surface area contributed by atoms with Crippen LogP contribution >= 0.6 is 0 Å². The number of nitrogens with zero attached hydrogens (tertiary/aromatic N) is 3. The van der Waals surface area contributed by atoms with Crippen molar-refractivity contribution in [3.05, 3.63) is 53.6 Å². The third-order valence-electron chi connectivity index (χ3n) is 4.69. The SMILES string of the molecule is O=C(c1ccc(OC(F)(F)F)cc1)N1C2CCC1c1cncnc1C2. The molecular formula is C17H14F3N3O2. The molecule has 0 N–H and O–H groups in total. The number of fused-ring (bicyclic) bond motifs is 4. The predicted molar refractivity (Wildman–Crippen MR) is 80.8 cm³/mol. The van der Waals surface area contributed by atoms with Crippen LogP contribution in [0.2, 0.25) is 0 Å². The predicted octanol–water partition coefficient (Wildman–Crippen LogP) is 3.28. The van der Waals surface area contributed by atoms with Crippen LogP contribution in [0.25, 0.3) is 0 Å². The van der Waals surface area contributed by atoms with Crippen LogP contribution in [0.3, 0.4) is 0 Å². The van der Waals surface area contributed by atoms with Crippen molar-refractivity contribution in [2.75, 3.05) is 0 Å². The number of benzene rings is 1. The van der Waals surface area contributed by atoms with E-state index in [2.05, 4.69) is 14.7 Å². The Bertz CT molecular complexity index is 808. The zero-order valence-corrected chi connectivity index (χ0v) is 13.0. The maximum Gasteiger partial charge on any atom is 0.573 e. The third kappa shape index (κ3) is 2.92. The highest BCUT2D eigenvalue weighted by molar-refractivity contribution is 5.95. The maximum absolute atomic E-state index is 12.9. The summed E-state index contributed by atoms with van der Waals surface area (Å²) in [7, 11) is 0. The standard InChI is InChI=1S/C17H14F3N3O2/c18-17(19,20)25-12-4-1-10(2-5-12)16(24)23-11-3-6-15(23)13-8-21-9-22-14(13)7-11/h1-2,4-5,8-9,11,15H,3,6-7H2. The van der Waals surface area contributed by atoms with Crippen LogP contribution in [-0.4, -0.2) is 33.2 Å². The average Bonchev–Trinajstić information content (AvgIpc) is 2.88. The van der Waals surface area contributed by atoms with Gasteiger partial charge < -0.3 is 9.64 Å². The van der Waals surface area contributed by atoms with Crippen LogP contribution in [0.4, 0.5) is 13.2 Å². The van der Waals surface area contributed by atoms with E-state index in [1.54, 1.807) is 6.20 Å². The number of aromatic nitrogens is 2. The molecule has 2 bridgehead atoms. The molecule has 2 aromatic rings. The molecule has 1 amide bonds. The Hall–Kier alpha value is -2.64. The molecule has 0 aliphatic carbocycles. The smallest absolute Gasteiger partial charge is 0.406 e. The first kappa shape index (κ1) is 15.9. The Morgan fingerprint density at radius 1 is 1.20 bits per heavy atom. The fourth-order valence-corrected chi connectivity index (χ4v) is 3.68. The van der Waals surface area contributed by atoms with Crippen LogP contribution in [-0.2, 0) is 6.42 Å². The molecule has 3 heterocycles. The monoisotopic (exact) mass is 349 g/mol. The van der Waals surface area contributed by atoms with Gasteiger partial charge >= 0.3 is 6.36 Å². The zero-order chi connectivity index (χ0) is 17.6. The summed E-state index contributed by atoms with van der Waals surface area (Å²) in [5.41, 5.74) is 2.27. The first-order valence-corrected chi connectivity index (χ1v) is 7.89. The van der Waals surface area contributed by atoms with Crippen LogP contribution < -0.4 is 4.74 Å². The molecule has 4 rings (SSSR count). The van der Waals surface area contributed by atoms with E-state index in [1.165, 1.54) is 18.5 Å². The second-order valence-electron chi connectivity index (χ2n) is 6.16. The highest BCUT2D eigenvalue weighted by atomic mass is 19.4. The summed E-state index contributed by atoms with van der Waals surface area (Å²) in [6.45, 7) is 0. The zero-order valence-electron chi connectivity index (χ0n) is 13.0. The van der Waals surface area contributed by atoms with Crippen molar-refractivity contribution in [3.8, 4) is 5.75 Å². The minimum Gasteiger partial charge on any atom is -0.406 e. The van der Waals surface area contributed by atoms with Crippen molar-refractivity contribution in [1.29, 1.82) is 0 Å². The number of carbonyl (C=O) groups is 1. The summed E-state index contributed by atoms with van der Waals surface area (Å²) in [5, 5.41) is 0. The van der Waals surface area contributed by atoms with Crippen LogP contribution in [0.15, 0.2) is 36.8 Å². The van der Waals surface area contributed by atoms with Gasteiger partial charge in [0.05, 0.1) is 11.7 Å². The summed E-state index contributed by atoms with van der Waals surface area (Å²) < 4.78 is 40.5. The van der Waals surface area contributed by atoms with Gasteiger partial charge in [0.25, 0.3) is 5.91 Å². The van der Waals surface area contributed by atoms with Crippen molar-refractivity contribution >= 4 is 5.91 Å². The number of hydrogen-bond donors (Lipinski definition) is 0. The van der Waals surface area contributed by atoms with Gasteiger partial charge in [-0.25, -0.2) is 9.97 Å². The number of carbonyl (C=O) groups excluding carboxylic acids is 1. The summed E-state index contributed by atoms with van der Waals surface area (Å²) in [6.07, 6.45) is 0.898. The Morgan fingerprint density at radius 2 is 1.96 bits per heavy atom. The van der Waals surface area contributed by atoms with Crippen molar-refractivity contribution in [2.45, 2.75) is 37.7 Å². The molecule has 1 saturated heterocycles. The number of amides is 1. The molecule has 1 aromatic heterocycles. The van der Waals surface area contributed by atoms with E-state index in [0.29, 0.717) is 12.0 Å². The van der Waals surface area contributed by atoms with Crippen LogP contribution in [0.1, 0.15) is 40.5 Å². The van der Waals surface area contributed by atoms with Crippen LogP contribution in [0, 0.1) is 0 Å². The van der Waals surface area contributed by atoms with Gasteiger partial charge in [-0.05, 0) is 37.1 Å². The number of ether oxygens (including phenoxy) is 1. The highest BCUT2D eigenvalue weighted by Crippen LogP contribution is 2.43. The van der Waals surface area contributed by atoms with Crippen molar-refractivity contribution in [1.82, 2.24) is 14.9 Å². The molecule has 8 heteroatoms. The van der Waals surface area contributed by atoms with E-state index in [1.807, 2.05) is 4.90 Å². The molecule has 2 atom stereocenters. The molecule has 2 unspecified atom stereocenters. The Morgan fingerprint density at radius 3 is 2.68 bits per heavy atom. The number of rotatable bonds is 2.